The molecule has 1 heterocycles. The number of nitrogens with zero attached hydrogens (tertiary/aromatic N) is 2. The second-order valence-electron chi connectivity index (χ2n) is 4.07. The largest absolute Gasteiger partial charge is 0.331 e. The smallest absolute Gasteiger partial charge is 0.270 e. The fraction of sp³-hybridized carbons (Fsp3) is 0.545. The van der Waals surface area contributed by atoms with Crippen molar-refractivity contribution in [1.29, 1.82) is 0 Å². The number of nitrogens with one attached hydrogen (secondary N) is 1. The third-order valence-corrected chi connectivity index (χ3v) is 2.73. The summed E-state index contributed by atoms with van der Waals surface area (Å²) in [4.78, 5) is 24.8. The van der Waals surface area contributed by atoms with E-state index in [-0.39, 0.29) is 11.8 Å². The van der Waals surface area contributed by atoms with Crippen LogP contribution in [0.2, 0.25) is 0 Å². The van der Waals surface area contributed by atoms with E-state index in [1.807, 2.05) is 0 Å². The lowest BCUT2D eigenvalue weighted by atomic mass is 10.1. The molecule has 0 saturated heterocycles. The maximum atomic E-state index is 12.1. The molecule has 0 aromatic carbocycles. The molecule has 5 heteroatoms. The van der Waals surface area contributed by atoms with Crippen molar-refractivity contribution in [2.24, 2.45) is 5.10 Å². The number of carbonyl (C=O) groups is 2. The van der Waals surface area contributed by atoms with Crippen molar-refractivity contribution in [1.82, 2.24) is 10.3 Å². The van der Waals surface area contributed by atoms with E-state index in [0.29, 0.717) is 31.1 Å². The van der Waals surface area contributed by atoms with Crippen molar-refractivity contribution >= 4 is 17.5 Å². The predicted molar refractivity (Wildman–Crippen MR) is 59.7 cm³/mol. The summed E-state index contributed by atoms with van der Waals surface area (Å²) < 4.78 is 0. The topological polar surface area (TPSA) is 61.8 Å². The summed E-state index contributed by atoms with van der Waals surface area (Å²) in [5.41, 5.74) is 2.80. The van der Waals surface area contributed by atoms with Gasteiger partial charge in [-0.1, -0.05) is 6.08 Å². The highest BCUT2D eigenvalue weighted by Gasteiger charge is 2.34. The van der Waals surface area contributed by atoms with Gasteiger partial charge in [0.15, 0.2) is 0 Å². The first-order chi connectivity index (χ1) is 7.72. The lowest BCUT2D eigenvalue weighted by Crippen LogP contribution is -2.41. The second-order valence-corrected chi connectivity index (χ2v) is 4.07. The van der Waals surface area contributed by atoms with E-state index < -0.39 is 0 Å². The predicted octanol–water partition coefficient (Wildman–Crippen LogP) is 0.429. The molecule has 0 unspecified atom stereocenters. The molecule has 5 nitrogen and oxygen atoms in total. The number of hydrogen-bond donors (Lipinski definition) is 1. The summed E-state index contributed by atoms with van der Waals surface area (Å²) >= 11 is 0. The molecule has 86 valence electrons. The molecule has 1 saturated carbocycles. The van der Waals surface area contributed by atoms with Crippen LogP contribution in [-0.2, 0) is 9.59 Å². The van der Waals surface area contributed by atoms with Crippen molar-refractivity contribution in [3.63, 3.8) is 0 Å². The van der Waals surface area contributed by atoms with Crippen molar-refractivity contribution in [2.75, 3.05) is 6.54 Å². The van der Waals surface area contributed by atoms with Crippen molar-refractivity contribution in [3.8, 4) is 0 Å². The van der Waals surface area contributed by atoms with Gasteiger partial charge in [-0.3, -0.25) is 9.59 Å². The van der Waals surface area contributed by atoms with Gasteiger partial charge in [-0.05, 0) is 12.8 Å². The molecule has 1 N–H and O–H groups in total. The molecule has 1 aliphatic carbocycles. The summed E-state index contributed by atoms with van der Waals surface area (Å²) in [6.07, 6.45) is 4.61. The molecule has 1 aliphatic heterocycles. The van der Waals surface area contributed by atoms with Gasteiger partial charge in [-0.2, -0.15) is 5.10 Å². The molecular weight excluding hydrogens is 206 g/mol. The molecular formula is C11H15N3O2. The average Bonchev–Trinajstić information content (AvgIpc) is 3.10. The van der Waals surface area contributed by atoms with Gasteiger partial charge in [0.05, 0.1) is 0 Å². The number of rotatable bonds is 4. The third-order valence-electron chi connectivity index (χ3n) is 2.73. The molecule has 1 fully saturated rings. The highest BCUT2D eigenvalue weighted by atomic mass is 16.2. The number of hydrazone groups is 1. The standard InChI is InChI=1S/C11H15N3O2/c1-2-7-14(8-3-4-8)11(16)9-5-6-10(15)13-12-9/h2,8H,1,3-7H2,(H,13,15). The average molecular weight is 221 g/mol. The number of carbonyl (C=O) groups excluding carboxylic acids is 2. The van der Waals surface area contributed by atoms with E-state index in [2.05, 4.69) is 17.1 Å². The van der Waals surface area contributed by atoms with Crippen LogP contribution in [0.4, 0.5) is 0 Å². The molecule has 0 spiro atoms. The quantitative estimate of drug-likeness (QED) is 0.700. The van der Waals surface area contributed by atoms with Crippen LogP contribution in [-0.4, -0.2) is 35.0 Å². The van der Waals surface area contributed by atoms with Gasteiger partial charge >= 0.3 is 0 Å². The summed E-state index contributed by atoms with van der Waals surface area (Å²) in [7, 11) is 0. The molecule has 0 aromatic rings. The van der Waals surface area contributed by atoms with Crippen LogP contribution in [0.3, 0.4) is 0 Å². The highest BCUT2D eigenvalue weighted by Crippen LogP contribution is 2.27. The minimum Gasteiger partial charge on any atom is -0.331 e. The molecule has 2 rings (SSSR count). The molecule has 0 radical (unpaired) electrons. The summed E-state index contributed by atoms with van der Waals surface area (Å²) in [5, 5.41) is 3.82. The zero-order chi connectivity index (χ0) is 11.5. The zero-order valence-electron chi connectivity index (χ0n) is 9.11. The molecule has 16 heavy (non-hydrogen) atoms. The zero-order valence-corrected chi connectivity index (χ0v) is 9.11. The van der Waals surface area contributed by atoms with Crippen LogP contribution in [0, 0.1) is 0 Å². The van der Waals surface area contributed by atoms with Crippen LogP contribution >= 0.6 is 0 Å². The normalized spacial score (nSPS) is 19.8. The van der Waals surface area contributed by atoms with Crippen molar-refractivity contribution in [3.05, 3.63) is 12.7 Å². The van der Waals surface area contributed by atoms with Crippen molar-refractivity contribution in [2.45, 2.75) is 31.7 Å². The van der Waals surface area contributed by atoms with Gasteiger partial charge in [0, 0.05) is 25.4 Å². The van der Waals surface area contributed by atoms with Gasteiger partial charge in [0.2, 0.25) is 5.91 Å². The van der Waals surface area contributed by atoms with E-state index in [1.165, 1.54) is 0 Å². The SMILES string of the molecule is C=CCN(C(=O)C1=NNC(=O)CC1)C1CC1. The van der Waals surface area contributed by atoms with Crippen LogP contribution in [0.1, 0.15) is 25.7 Å². The van der Waals surface area contributed by atoms with E-state index >= 15 is 0 Å². The van der Waals surface area contributed by atoms with Crippen LogP contribution in [0.5, 0.6) is 0 Å². The summed E-state index contributed by atoms with van der Waals surface area (Å²) in [6.45, 7) is 4.20. The lowest BCUT2D eigenvalue weighted by Gasteiger charge is -2.22. The highest BCUT2D eigenvalue weighted by molar-refractivity contribution is 6.39. The van der Waals surface area contributed by atoms with Crippen LogP contribution in [0.25, 0.3) is 0 Å². The maximum absolute atomic E-state index is 12.1. The van der Waals surface area contributed by atoms with E-state index in [4.69, 9.17) is 0 Å². The van der Waals surface area contributed by atoms with Gasteiger partial charge in [0.25, 0.3) is 5.91 Å². The van der Waals surface area contributed by atoms with Crippen molar-refractivity contribution < 1.29 is 9.59 Å². The first kappa shape index (κ1) is 10.9. The fourth-order valence-corrected chi connectivity index (χ4v) is 1.72. The second kappa shape index (κ2) is 4.47. The molecule has 2 amide bonds. The first-order valence-corrected chi connectivity index (χ1v) is 5.49. The van der Waals surface area contributed by atoms with Gasteiger partial charge in [-0.15, -0.1) is 6.58 Å². The Balaban J connectivity index is 2.04. The van der Waals surface area contributed by atoms with Gasteiger partial charge in [0.1, 0.15) is 5.71 Å². The maximum Gasteiger partial charge on any atom is 0.270 e. The van der Waals surface area contributed by atoms with E-state index in [9.17, 15) is 9.59 Å². The minimum absolute atomic E-state index is 0.0672. The Morgan fingerprint density at radius 3 is 2.81 bits per heavy atom. The van der Waals surface area contributed by atoms with Gasteiger partial charge in [-0.25, -0.2) is 5.43 Å². The monoisotopic (exact) mass is 221 g/mol. The molecule has 0 aromatic heterocycles. The van der Waals surface area contributed by atoms with E-state index in [0.717, 1.165) is 12.8 Å². The minimum atomic E-state index is -0.127. The Labute approximate surface area is 94.2 Å². The Morgan fingerprint density at radius 1 is 1.56 bits per heavy atom. The number of hydrogen-bond acceptors (Lipinski definition) is 3. The Bertz CT molecular complexity index is 358. The Morgan fingerprint density at radius 2 is 2.31 bits per heavy atom. The fourth-order valence-electron chi connectivity index (χ4n) is 1.72. The van der Waals surface area contributed by atoms with E-state index in [1.54, 1.807) is 11.0 Å². The Kier molecular flexibility index (Phi) is 3.03. The molecule has 0 bridgehead atoms. The van der Waals surface area contributed by atoms with Crippen LogP contribution in [0.15, 0.2) is 17.8 Å². The Hall–Kier alpha value is -1.65. The van der Waals surface area contributed by atoms with Crippen LogP contribution < -0.4 is 5.43 Å². The summed E-state index contributed by atoms with van der Waals surface area (Å²) in [6, 6.07) is 0.339. The molecule has 0 atom stereocenters. The molecule has 2 aliphatic rings. The van der Waals surface area contributed by atoms with Gasteiger partial charge < -0.3 is 4.90 Å². The lowest BCUT2D eigenvalue weighted by molar-refractivity contribution is -0.124. The first-order valence-electron chi connectivity index (χ1n) is 5.49. The number of amides is 2. The summed E-state index contributed by atoms with van der Waals surface area (Å²) in [5.74, 6) is -0.194. The third kappa shape index (κ3) is 2.29.